The van der Waals surface area contributed by atoms with Crippen LogP contribution in [0.5, 0.6) is 0 Å². The maximum Gasteiger partial charge on any atom is 0.335 e. The summed E-state index contributed by atoms with van der Waals surface area (Å²) in [6, 6.07) is 6.66. The second kappa shape index (κ2) is 5.19. The van der Waals surface area contributed by atoms with Gasteiger partial charge < -0.3 is 10.2 Å². The third-order valence-corrected chi connectivity index (χ3v) is 1.74. The molecule has 0 aromatic heterocycles. The zero-order valence-electron chi connectivity index (χ0n) is 7.68. The molecule has 74 valence electrons. The normalized spacial score (nSPS) is 10.6. The van der Waals surface area contributed by atoms with Crippen LogP contribution < -0.4 is 0 Å². The SMILES string of the molecule is O=C(O)c1cccc(C=CCCO)c1. The zero-order valence-corrected chi connectivity index (χ0v) is 7.68. The smallest absolute Gasteiger partial charge is 0.335 e. The molecular formula is C11H12O3. The van der Waals surface area contributed by atoms with E-state index in [1.165, 1.54) is 0 Å². The number of aliphatic hydroxyl groups excluding tert-OH is 1. The molecule has 1 aromatic rings. The van der Waals surface area contributed by atoms with E-state index >= 15 is 0 Å². The molecule has 0 radical (unpaired) electrons. The van der Waals surface area contributed by atoms with Gasteiger partial charge in [0, 0.05) is 6.61 Å². The first-order chi connectivity index (χ1) is 6.74. The maximum atomic E-state index is 10.6. The molecule has 0 aliphatic heterocycles. The highest BCUT2D eigenvalue weighted by molar-refractivity contribution is 5.88. The van der Waals surface area contributed by atoms with Gasteiger partial charge in [0.25, 0.3) is 0 Å². The number of aliphatic hydroxyl groups is 1. The summed E-state index contributed by atoms with van der Waals surface area (Å²) in [4.78, 5) is 10.6. The molecule has 0 heterocycles. The molecule has 1 rings (SSSR count). The van der Waals surface area contributed by atoms with Crippen molar-refractivity contribution in [1.82, 2.24) is 0 Å². The lowest BCUT2D eigenvalue weighted by molar-refractivity contribution is 0.0697. The van der Waals surface area contributed by atoms with Crippen LogP contribution in [0.15, 0.2) is 30.3 Å². The molecule has 0 saturated carbocycles. The summed E-state index contributed by atoms with van der Waals surface area (Å²) >= 11 is 0. The Morgan fingerprint density at radius 3 is 2.86 bits per heavy atom. The lowest BCUT2D eigenvalue weighted by Gasteiger charge is -1.96. The van der Waals surface area contributed by atoms with E-state index in [1.54, 1.807) is 30.4 Å². The first kappa shape index (κ1) is 10.5. The number of carboxylic acid groups (broad SMARTS) is 1. The zero-order chi connectivity index (χ0) is 10.4. The van der Waals surface area contributed by atoms with Crippen molar-refractivity contribution in [2.24, 2.45) is 0 Å². The van der Waals surface area contributed by atoms with E-state index in [9.17, 15) is 4.79 Å². The Bertz CT molecular complexity index is 342. The standard InChI is InChI=1S/C11H12O3/c12-7-2-1-4-9-5-3-6-10(8-9)11(13)14/h1,3-6,8,12H,2,7H2,(H,13,14). The molecular weight excluding hydrogens is 180 g/mol. The summed E-state index contributed by atoms with van der Waals surface area (Å²) in [5.41, 5.74) is 1.11. The lowest BCUT2D eigenvalue weighted by atomic mass is 10.1. The maximum absolute atomic E-state index is 10.6. The molecule has 0 atom stereocenters. The first-order valence-corrected chi connectivity index (χ1v) is 4.35. The predicted octanol–water partition coefficient (Wildman–Crippen LogP) is 1.78. The van der Waals surface area contributed by atoms with E-state index in [0.29, 0.717) is 6.42 Å². The van der Waals surface area contributed by atoms with E-state index in [1.807, 2.05) is 6.07 Å². The van der Waals surface area contributed by atoms with Gasteiger partial charge in [-0.05, 0) is 24.1 Å². The highest BCUT2D eigenvalue weighted by atomic mass is 16.4. The minimum atomic E-state index is -0.928. The number of benzene rings is 1. The van der Waals surface area contributed by atoms with Crippen molar-refractivity contribution in [3.05, 3.63) is 41.5 Å². The fourth-order valence-electron chi connectivity index (χ4n) is 1.07. The van der Waals surface area contributed by atoms with Crippen LogP contribution in [0, 0.1) is 0 Å². The predicted molar refractivity (Wildman–Crippen MR) is 54.1 cm³/mol. The second-order valence-corrected chi connectivity index (χ2v) is 2.85. The number of rotatable bonds is 4. The van der Waals surface area contributed by atoms with Gasteiger partial charge in [-0.1, -0.05) is 24.3 Å². The van der Waals surface area contributed by atoms with Gasteiger partial charge in [0.05, 0.1) is 5.56 Å². The van der Waals surface area contributed by atoms with Gasteiger partial charge in [-0.3, -0.25) is 0 Å². The summed E-state index contributed by atoms with van der Waals surface area (Å²) in [6.45, 7) is 0.106. The van der Waals surface area contributed by atoms with Crippen molar-refractivity contribution in [2.75, 3.05) is 6.61 Å². The van der Waals surface area contributed by atoms with Gasteiger partial charge in [-0.15, -0.1) is 0 Å². The number of carboxylic acids is 1. The van der Waals surface area contributed by atoms with Crippen LogP contribution >= 0.6 is 0 Å². The second-order valence-electron chi connectivity index (χ2n) is 2.85. The summed E-state index contributed by atoms with van der Waals surface area (Å²) in [7, 11) is 0. The first-order valence-electron chi connectivity index (χ1n) is 4.35. The quantitative estimate of drug-likeness (QED) is 0.764. The Labute approximate surface area is 82.3 Å². The summed E-state index contributed by atoms with van der Waals surface area (Å²) in [5, 5.41) is 17.3. The minimum Gasteiger partial charge on any atom is -0.478 e. The summed E-state index contributed by atoms with van der Waals surface area (Å²) < 4.78 is 0. The molecule has 0 bridgehead atoms. The molecule has 0 amide bonds. The van der Waals surface area contributed by atoms with E-state index < -0.39 is 5.97 Å². The Balaban J connectivity index is 2.78. The van der Waals surface area contributed by atoms with Gasteiger partial charge in [0.15, 0.2) is 0 Å². The van der Waals surface area contributed by atoms with Gasteiger partial charge >= 0.3 is 5.97 Å². The molecule has 1 aromatic carbocycles. The molecule has 0 fully saturated rings. The molecule has 0 spiro atoms. The van der Waals surface area contributed by atoms with Crippen LogP contribution in [-0.4, -0.2) is 22.8 Å². The van der Waals surface area contributed by atoms with Crippen molar-refractivity contribution in [3.8, 4) is 0 Å². The summed E-state index contributed by atoms with van der Waals surface area (Å²) in [6.07, 6.45) is 4.18. The van der Waals surface area contributed by atoms with E-state index in [2.05, 4.69) is 0 Å². The number of hydrogen-bond acceptors (Lipinski definition) is 2. The van der Waals surface area contributed by atoms with Crippen molar-refractivity contribution in [3.63, 3.8) is 0 Å². The Hall–Kier alpha value is -1.61. The van der Waals surface area contributed by atoms with Crippen LogP contribution in [-0.2, 0) is 0 Å². The highest BCUT2D eigenvalue weighted by Crippen LogP contribution is 2.07. The van der Waals surface area contributed by atoms with Gasteiger partial charge in [-0.2, -0.15) is 0 Å². The number of hydrogen-bond donors (Lipinski definition) is 2. The van der Waals surface area contributed by atoms with Gasteiger partial charge in [-0.25, -0.2) is 4.79 Å². The summed E-state index contributed by atoms with van der Waals surface area (Å²) in [5.74, 6) is -0.928. The van der Waals surface area contributed by atoms with Crippen LogP contribution in [0.3, 0.4) is 0 Å². The number of aromatic carboxylic acids is 1. The third kappa shape index (κ3) is 3.03. The molecule has 3 nitrogen and oxygen atoms in total. The molecule has 2 N–H and O–H groups in total. The van der Waals surface area contributed by atoms with Crippen LogP contribution in [0.4, 0.5) is 0 Å². The monoisotopic (exact) mass is 192 g/mol. The average molecular weight is 192 g/mol. The molecule has 14 heavy (non-hydrogen) atoms. The Morgan fingerprint density at radius 2 is 2.21 bits per heavy atom. The Kier molecular flexibility index (Phi) is 3.88. The van der Waals surface area contributed by atoms with Crippen molar-refractivity contribution < 1.29 is 15.0 Å². The van der Waals surface area contributed by atoms with Gasteiger partial charge in [0.2, 0.25) is 0 Å². The van der Waals surface area contributed by atoms with Gasteiger partial charge in [0.1, 0.15) is 0 Å². The fraction of sp³-hybridized carbons (Fsp3) is 0.182. The van der Waals surface area contributed by atoms with Crippen molar-refractivity contribution >= 4 is 12.0 Å². The average Bonchev–Trinajstić information content (AvgIpc) is 2.19. The van der Waals surface area contributed by atoms with Crippen LogP contribution in [0.25, 0.3) is 6.08 Å². The van der Waals surface area contributed by atoms with E-state index in [4.69, 9.17) is 10.2 Å². The number of carbonyl (C=O) groups is 1. The van der Waals surface area contributed by atoms with Crippen molar-refractivity contribution in [1.29, 1.82) is 0 Å². The molecule has 0 unspecified atom stereocenters. The largest absolute Gasteiger partial charge is 0.478 e. The minimum absolute atomic E-state index is 0.106. The fourth-order valence-corrected chi connectivity index (χ4v) is 1.07. The van der Waals surface area contributed by atoms with Crippen LogP contribution in [0.1, 0.15) is 22.3 Å². The van der Waals surface area contributed by atoms with Crippen molar-refractivity contribution in [2.45, 2.75) is 6.42 Å². The highest BCUT2D eigenvalue weighted by Gasteiger charge is 2.00. The van der Waals surface area contributed by atoms with E-state index in [-0.39, 0.29) is 12.2 Å². The third-order valence-electron chi connectivity index (χ3n) is 1.74. The molecule has 0 saturated heterocycles. The van der Waals surface area contributed by atoms with Crippen LogP contribution in [0.2, 0.25) is 0 Å². The molecule has 0 aliphatic rings. The molecule has 3 heteroatoms. The lowest BCUT2D eigenvalue weighted by Crippen LogP contribution is -1.95. The topological polar surface area (TPSA) is 57.5 Å². The molecule has 0 aliphatic carbocycles. The Morgan fingerprint density at radius 1 is 1.43 bits per heavy atom. The van der Waals surface area contributed by atoms with E-state index in [0.717, 1.165) is 5.56 Å².